The quantitative estimate of drug-likeness (QED) is 0.868. The first-order valence-corrected chi connectivity index (χ1v) is 9.22. The zero-order valence-corrected chi connectivity index (χ0v) is 15.1. The molecule has 1 aromatic heterocycles. The fraction of sp³-hybridized carbons (Fsp3) is 0.294. The van der Waals surface area contributed by atoms with E-state index in [4.69, 9.17) is 23.2 Å². The molecule has 0 spiro atoms. The summed E-state index contributed by atoms with van der Waals surface area (Å²) in [6.45, 7) is 1.17. The van der Waals surface area contributed by atoms with E-state index in [0.29, 0.717) is 32.9 Å². The molecule has 0 bridgehead atoms. The minimum absolute atomic E-state index is 0.0725. The summed E-state index contributed by atoms with van der Waals surface area (Å²) in [7, 11) is 0. The molecule has 0 saturated carbocycles. The van der Waals surface area contributed by atoms with Gasteiger partial charge < -0.3 is 10.2 Å². The van der Waals surface area contributed by atoms with Gasteiger partial charge in [-0.15, -0.1) is 11.3 Å². The second-order valence-corrected chi connectivity index (χ2v) is 7.93. The Bertz CT molecular complexity index is 740. The second kappa shape index (κ2) is 7.55. The molecular formula is C17H16Cl2N2O2S. The maximum atomic E-state index is 12.5. The highest BCUT2D eigenvalue weighted by Gasteiger charge is 2.26. The number of rotatable bonds is 3. The third kappa shape index (κ3) is 3.91. The van der Waals surface area contributed by atoms with Gasteiger partial charge in [-0.25, -0.2) is 0 Å². The van der Waals surface area contributed by atoms with Crippen molar-refractivity contribution in [2.75, 3.05) is 13.1 Å². The van der Waals surface area contributed by atoms with Crippen molar-refractivity contribution in [1.29, 1.82) is 0 Å². The molecule has 3 rings (SSSR count). The van der Waals surface area contributed by atoms with Crippen LogP contribution in [0.3, 0.4) is 0 Å². The topological polar surface area (TPSA) is 49.4 Å². The van der Waals surface area contributed by atoms with Gasteiger partial charge in [-0.3, -0.25) is 9.59 Å². The van der Waals surface area contributed by atoms with Crippen LogP contribution in [0.2, 0.25) is 8.67 Å². The van der Waals surface area contributed by atoms with Crippen LogP contribution in [0, 0.1) is 0 Å². The fourth-order valence-corrected chi connectivity index (χ4v) is 4.19. The van der Waals surface area contributed by atoms with Crippen LogP contribution in [0.5, 0.6) is 0 Å². The number of hydrogen-bond donors (Lipinski definition) is 1. The van der Waals surface area contributed by atoms with Gasteiger partial charge >= 0.3 is 0 Å². The van der Waals surface area contributed by atoms with Crippen LogP contribution in [-0.4, -0.2) is 35.8 Å². The summed E-state index contributed by atoms with van der Waals surface area (Å²) < 4.78 is 0.929. The lowest BCUT2D eigenvalue weighted by Gasteiger charge is -2.32. The van der Waals surface area contributed by atoms with Crippen molar-refractivity contribution in [3.8, 4) is 0 Å². The van der Waals surface area contributed by atoms with E-state index < -0.39 is 0 Å². The summed E-state index contributed by atoms with van der Waals surface area (Å²) in [5.74, 6) is -0.177. The highest BCUT2D eigenvalue weighted by molar-refractivity contribution is 7.20. The van der Waals surface area contributed by atoms with E-state index in [1.807, 2.05) is 18.2 Å². The van der Waals surface area contributed by atoms with Crippen molar-refractivity contribution < 1.29 is 9.59 Å². The molecule has 2 aromatic rings. The van der Waals surface area contributed by atoms with Crippen LogP contribution in [-0.2, 0) is 0 Å². The Kier molecular flexibility index (Phi) is 5.43. The number of halogens is 2. The van der Waals surface area contributed by atoms with Gasteiger partial charge in [-0.1, -0.05) is 41.4 Å². The van der Waals surface area contributed by atoms with Gasteiger partial charge in [0.2, 0.25) is 0 Å². The Labute approximate surface area is 154 Å². The van der Waals surface area contributed by atoms with Crippen LogP contribution in [0.4, 0.5) is 0 Å². The Morgan fingerprint density at radius 2 is 1.79 bits per heavy atom. The van der Waals surface area contributed by atoms with Crippen molar-refractivity contribution in [2.24, 2.45) is 0 Å². The van der Waals surface area contributed by atoms with Crippen LogP contribution in [0.15, 0.2) is 36.4 Å². The lowest BCUT2D eigenvalue weighted by atomic mass is 10.0. The third-order valence-electron chi connectivity index (χ3n) is 4.04. The van der Waals surface area contributed by atoms with Gasteiger partial charge in [-0.05, 0) is 31.0 Å². The average molecular weight is 383 g/mol. The van der Waals surface area contributed by atoms with Crippen molar-refractivity contribution >= 4 is 46.4 Å². The Balaban J connectivity index is 1.55. The first-order valence-electron chi connectivity index (χ1n) is 7.64. The van der Waals surface area contributed by atoms with E-state index in [1.54, 1.807) is 23.1 Å². The molecule has 4 nitrogen and oxygen atoms in total. The largest absolute Gasteiger partial charge is 0.349 e. The molecule has 2 heterocycles. The summed E-state index contributed by atoms with van der Waals surface area (Å²) in [6, 6.07) is 10.8. The number of amides is 2. The van der Waals surface area contributed by atoms with Gasteiger partial charge in [0.15, 0.2) is 0 Å². The molecule has 1 aliphatic heterocycles. The number of likely N-dealkylation sites (tertiary alicyclic amines) is 1. The molecule has 0 aliphatic carbocycles. The SMILES string of the molecule is O=C(NC1CCN(C(=O)c2cc(Cl)sc2Cl)CC1)c1ccccc1. The van der Waals surface area contributed by atoms with E-state index in [0.717, 1.165) is 12.8 Å². The van der Waals surface area contributed by atoms with Gasteiger partial charge in [0.1, 0.15) is 4.34 Å². The normalized spacial score (nSPS) is 15.3. The maximum Gasteiger partial charge on any atom is 0.256 e. The number of nitrogens with zero attached hydrogens (tertiary/aromatic N) is 1. The molecule has 0 unspecified atom stereocenters. The molecule has 7 heteroatoms. The lowest BCUT2D eigenvalue weighted by molar-refractivity contribution is 0.0699. The number of carbonyl (C=O) groups excluding carboxylic acids is 2. The number of nitrogens with one attached hydrogen (secondary N) is 1. The van der Waals surface area contributed by atoms with Crippen molar-refractivity contribution in [2.45, 2.75) is 18.9 Å². The summed E-state index contributed by atoms with van der Waals surface area (Å²) >= 11 is 13.2. The van der Waals surface area contributed by atoms with Gasteiger partial charge in [0.05, 0.1) is 9.90 Å². The average Bonchev–Trinajstić information content (AvgIpc) is 2.94. The van der Waals surface area contributed by atoms with Gasteiger partial charge in [0, 0.05) is 24.7 Å². The molecule has 1 aliphatic rings. The summed E-state index contributed by atoms with van der Waals surface area (Å²) in [5, 5.41) is 3.03. The fourth-order valence-electron chi connectivity index (χ4n) is 2.74. The van der Waals surface area contributed by atoms with Crippen molar-refractivity contribution in [3.05, 3.63) is 56.2 Å². The Morgan fingerprint density at radius 1 is 1.12 bits per heavy atom. The van der Waals surface area contributed by atoms with Gasteiger partial charge in [0.25, 0.3) is 11.8 Å². The predicted octanol–water partition coefficient (Wildman–Crippen LogP) is 4.09. The third-order valence-corrected chi connectivity index (χ3v) is 5.53. The zero-order valence-electron chi connectivity index (χ0n) is 12.8. The number of hydrogen-bond acceptors (Lipinski definition) is 3. The molecule has 126 valence electrons. The van der Waals surface area contributed by atoms with Crippen LogP contribution >= 0.6 is 34.5 Å². The van der Waals surface area contributed by atoms with E-state index in [9.17, 15) is 9.59 Å². The Hall–Kier alpha value is -1.56. The van der Waals surface area contributed by atoms with E-state index in [-0.39, 0.29) is 17.9 Å². The number of benzene rings is 1. The number of piperidine rings is 1. The lowest BCUT2D eigenvalue weighted by Crippen LogP contribution is -2.46. The molecule has 0 radical (unpaired) electrons. The van der Waals surface area contributed by atoms with E-state index >= 15 is 0 Å². The summed E-state index contributed by atoms with van der Waals surface area (Å²) in [5.41, 5.74) is 1.11. The smallest absolute Gasteiger partial charge is 0.256 e. The van der Waals surface area contributed by atoms with Crippen LogP contribution < -0.4 is 5.32 Å². The highest BCUT2D eigenvalue weighted by Crippen LogP contribution is 2.32. The molecule has 1 saturated heterocycles. The molecule has 1 N–H and O–H groups in total. The molecule has 1 aromatic carbocycles. The van der Waals surface area contributed by atoms with Crippen molar-refractivity contribution in [3.63, 3.8) is 0 Å². The first-order chi connectivity index (χ1) is 11.5. The minimum atomic E-state index is -0.101. The van der Waals surface area contributed by atoms with E-state index in [1.165, 1.54) is 11.3 Å². The minimum Gasteiger partial charge on any atom is -0.349 e. The molecule has 2 amide bonds. The standard InChI is InChI=1S/C17H16Cl2N2O2S/c18-14-10-13(15(19)24-14)17(23)21-8-6-12(7-9-21)20-16(22)11-4-2-1-3-5-11/h1-5,10,12H,6-9H2,(H,20,22). The second-order valence-electron chi connectivity index (χ2n) is 5.64. The predicted molar refractivity (Wildman–Crippen MR) is 97.2 cm³/mol. The van der Waals surface area contributed by atoms with Crippen molar-refractivity contribution in [1.82, 2.24) is 10.2 Å². The van der Waals surface area contributed by atoms with E-state index in [2.05, 4.69) is 5.32 Å². The molecular weight excluding hydrogens is 367 g/mol. The molecule has 0 atom stereocenters. The zero-order chi connectivity index (χ0) is 17.1. The monoisotopic (exact) mass is 382 g/mol. The van der Waals surface area contributed by atoms with Crippen LogP contribution in [0.25, 0.3) is 0 Å². The first kappa shape index (κ1) is 17.3. The number of carbonyl (C=O) groups is 2. The summed E-state index contributed by atoms with van der Waals surface area (Å²) in [6.07, 6.45) is 1.44. The molecule has 24 heavy (non-hydrogen) atoms. The molecule has 1 fully saturated rings. The van der Waals surface area contributed by atoms with Crippen LogP contribution in [0.1, 0.15) is 33.6 Å². The highest BCUT2D eigenvalue weighted by atomic mass is 35.5. The summed E-state index contributed by atoms with van der Waals surface area (Å²) in [4.78, 5) is 26.4. The number of thiophene rings is 1. The van der Waals surface area contributed by atoms with Gasteiger partial charge in [-0.2, -0.15) is 0 Å². The Morgan fingerprint density at radius 3 is 2.38 bits per heavy atom. The maximum absolute atomic E-state index is 12.5.